The van der Waals surface area contributed by atoms with Crippen molar-refractivity contribution < 1.29 is 43.0 Å². The molecule has 0 saturated carbocycles. The molecule has 2 aromatic rings. The van der Waals surface area contributed by atoms with E-state index in [1.54, 1.807) is 0 Å². The standard InChI is InChI=1S/C27H22O9/c1-35-9-7-19(28)21-24(31)15-5-3-13(11-17(15)26(21)33)23(30)14-4-6-16-18(12-14)27(34)22(25(16)32)20(29)8-10-36-2/h3-6,11-12,21-22H,7-10H2,1-2H3. The van der Waals surface area contributed by atoms with Gasteiger partial charge in [-0.05, 0) is 24.3 Å². The highest BCUT2D eigenvalue weighted by atomic mass is 16.5. The molecule has 0 fully saturated rings. The summed E-state index contributed by atoms with van der Waals surface area (Å²) in [6, 6.07) is 7.92. The van der Waals surface area contributed by atoms with Crippen molar-refractivity contribution in [3.8, 4) is 0 Å². The number of benzene rings is 2. The van der Waals surface area contributed by atoms with E-state index in [2.05, 4.69) is 0 Å². The van der Waals surface area contributed by atoms with Gasteiger partial charge in [0.2, 0.25) is 0 Å². The highest BCUT2D eigenvalue weighted by Gasteiger charge is 2.44. The largest absolute Gasteiger partial charge is 0.384 e. The van der Waals surface area contributed by atoms with E-state index in [-0.39, 0.29) is 59.4 Å². The molecule has 0 heterocycles. The maximum atomic E-state index is 13.2. The minimum absolute atomic E-state index is 0.0159. The third-order valence-corrected chi connectivity index (χ3v) is 6.42. The van der Waals surface area contributed by atoms with Crippen LogP contribution in [0.25, 0.3) is 0 Å². The van der Waals surface area contributed by atoms with Crippen molar-refractivity contribution in [2.75, 3.05) is 27.4 Å². The number of Topliss-reactive ketones (excluding diaryl/α,β-unsaturated/α-hetero) is 6. The van der Waals surface area contributed by atoms with Crippen LogP contribution in [0.15, 0.2) is 36.4 Å². The van der Waals surface area contributed by atoms with E-state index < -0.39 is 52.3 Å². The molecule has 0 aliphatic heterocycles. The Morgan fingerprint density at radius 3 is 1.33 bits per heavy atom. The van der Waals surface area contributed by atoms with Gasteiger partial charge < -0.3 is 9.47 Å². The molecule has 4 rings (SSSR count). The summed E-state index contributed by atoms with van der Waals surface area (Å²) >= 11 is 0. The third kappa shape index (κ3) is 4.16. The van der Waals surface area contributed by atoms with Gasteiger partial charge >= 0.3 is 0 Å². The molecule has 0 radical (unpaired) electrons. The van der Waals surface area contributed by atoms with Crippen LogP contribution in [0.4, 0.5) is 0 Å². The van der Waals surface area contributed by atoms with Gasteiger partial charge in [-0.15, -0.1) is 0 Å². The van der Waals surface area contributed by atoms with Crippen LogP contribution in [0, 0.1) is 11.8 Å². The van der Waals surface area contributed by atoms with Gasteiger partial charge in [-0.25, -0.2) is 0 Å². The number of carbonyl (C=O) groups is 7. The van der Waals surface area contributed by atoms with E-state index in [0.717, 1.165) is 0 Å². The van der Waals surface area contributed by atoms with Gasteiger partial charge in [0.1, 0.15) is 11.8 Å². The molecule has 2 atom stereocenters. The Hall–Kier alpha value is -3.95. The molecular weight excluding hydrogens is 468 g/mol. The molecule has 2 aliphatic carbocycles. The molecule has 36 heavy (non-hydrogen) atoms. The number of fused-ring (bicyclic) bond motifs is 2. The first-order valence-electron chi connectivity index (χ1n) is 11.2. The second kappa shape index (κ2) is 9.96. The molecule has 0 amide bonds. The predicted octanol–water partition coefficient (Wildman–Crippen LogP) is 2.12. The SMILES string of the molecule is COCCC(=O)C1C(=O)c2ccc(C(=O)c3ccc4c(c3)C(=O)C(C(=O)CCOC)C4=O)cc2C1=O. The summed E-state index contributed by atoms with van der Waals surface area (Å²) in [6.45, 7) is 0.155. The van der Waals surface area contributed by atoms with Gasteiger partial charge in [-0.2, -0.15) is 0 Å². The highest BCUT2D eigenvalue weighted by Crippen LogP contribution is 2.32. The Labute approximate surface area is 205 Å². The van der Waals surface area contributed by atoms with Crippen LogP contribution in [0.1, 0.15) is 70.2 Å². The first-order chi connectivity index (χ1) is 17.2. The molecule has 0 bridgehead atoms. The van der Waals surface area contributed by atoms with Crippen LogP contribution in [-0.4, -0.2) is 67.9 Å². The van der Waals surface area contributed by atoms with Crippen LogP contribution in [-0.2, 0) is 19.1 Å². The molecule has 0 spiro atoms. The highest BCUT2D eigenvalue weighted by molar-refractivity contribution is 6.37. The van der Waals surface area contributed by atoms with E-state index in [9.17, 15) is 33.6 Å². The maximum Gasteiger partial charge on any atom is 0.193 e. The van der Waals surface area contributed by atoms with Crippen LogP contribution >= 0.6 is 0 Å². The lowest BCUT2D eigenvalue weighted by Crippen LogP contribution is -2.26. The smallest absolute Gasteiger partial charge is 0.193 e. The number of ketones is 7. The Balaban J connectivity index is 1.60. The number of methoxy groups -OCH3 is 2. The van der Waals surface area contributed by atoms with E-state index in [1.807, 2.05) is 0 Å². The Kier molecular flexibility index (Phi) is 6.96. The molecule has 0 aromatic heterocycles. The summed E-state index contributed by atoms with van der Waals surface area (Å²) in [7, 11) is 2.81. The Morgan fingerprint density at radius 2 is 0.972 bits per heavy atom. The van der Waals surface area contributed by atoms with Crippen LogP contribution in [0.2, 0.25) is 0 Å². The maximum absolute atomic E-state index is 13.2. The second-order valence-electron chi connectivity index (χ2n) is 8.59. The zero-order valence-corrected chi connectivity index (χ0v) is 19.6. The predicted molar refractivity (Wildman–Crippen MR) is 124 cm³/mol. The quantitative estimate of drug-likeness (QED) is 0.362. The van der Waals surface area contributed by atoms with Gasteiger partial charge in [0.05, 0.1) is 13.2 Å². The van der Waals surface area contributed by atoms with Crippen molar-refractivity contribution in [2.24, 2.45) is 11.8 Å². The molecule has 0 saturated heterocycles. The monoisotopic (exact) mass is 490 g/mol. The van der Waals surface area contributed by atoms with Gasteiger partial charge in [-0.1, -0.05) is 12.1 Å². The molecule has 2 unspecified atom stereocenters. The van der Waals surface area contributed by atoms with Crippen molar-refractivity contribution in [1.82, 2.24) is 0 Å². The zero-order valence-electron chi connectivity index (χ0n) is 19.6. The summed E-state index contributed by atoms with van der Waals surface area (Å²) in [4.78, 5) is 88.8. The van der Waals surface area contributed by atoms with Gasteiger partial charge in [0.25, 0.3) is 0 Å². The van der Waals surface area contributed by atoms with Crippen molar-refractivity contribution >= 4 is 40.5 Å². The molecule has 2 aliphatic rings. The summed E-state index contributed by atoms with van der Waals surface area (Å²) in [6.07, 6.45) is -0.176. The first-order valence-corrected chi connectivity index (χ1v) is 11.2. The number of hydrogen-bond donors (Lipinski definition) is 0. The summed E-state index contributed by atoms with van der Waals surface area (Å²) in [5.74, 6) is -7.10. The van der Waals surface area contributed by atoms with Gasteiger partial charge in [0.15, 0.2) is 40.5 Å². The summed E-state index contributed by atoms with van der Waals surface area (Å²) < 4.78 is 9.69. The van der Waals surface area contributed by atoms with Crippen molar-refractivity contribution in [3.63, 3.8) is 0 Å². The first kappa shape index (κ1) is 25.2. The topological polar surface area (TPSA) is 138 Å². The minimum atomic E-state index is -1.45. The van der Waals surface area contributed by atoms with E-state index in [0.29, 0.717) is 0 Å². The lowest BCUT2D eigenvalue weighted by Gasteiger charge is -2.05. The van der Waals surface area contributed by atoms with Crippen molar-refractivity contribution in [1.29, 1.82) is 0 Å². The minimum Gasteiger partial charge on any atom is -0.384 e. The lowest BCUT2D eigenvalue weighted by atomic mass is 9.95. The molecule has 0 N–H and O–H groups in total. The zero-order chi connectivity index (χ0) is 26.1. The van der Waals surface area contributed by atoms with Crippen molar-refractivity contribution in [2.45, 2.75) is 12.8 Å². The Bertz CT molecular complexity index is 1250. The fourth-order valence-electron chi connectivity index (χ4n) is 4.51. The number of carbonyl (C=O) groups excluding carboxylic acids is 7. The average Bonchev–Trinajstić information content (AvgIpc) is 3.28. The van der Waals surface area contributed by atoms with E-state index in [1.165, 1.54) is 50.6 Å². The van der Waals surface area contributed by atoms with E-state index >= 15 is 0 Å². The molecule has 2 aromatic carbocycles. The number of ether oxygens (including phenoxy) is 2. The Morgan fingerprint density at radius 1 is 0.611 bits per heavy atom. The lowest BCUT2D eigenvalue weighted by molar-refractivity contribution is -0.122. The third-order valence-electron chi connectivity index (χ3n) is 6.42. The van der Waals surface area contributed by atoms with Crippen LogP contribution < -0.4 is 0 Å². The fraction of sp³-hybridized carbons (Fsp3) is 0.296. The van der Waals surface area contributed by atoms with E-state index in [4.69, 9.17) is 9.47 Å². The van der Waals surface area contributed by atoms with Gasteiger partial charge in [0, 0.05) is 60.4 Å². The summed E-state index contributed by atoms with van der Waals surface area (Å²) in [5.41, 5.74) is 0.253. The van der Waals surface area contributed by atoms with Crippen LogP contribution in [0.5, 0.6) is 0 Å². The molecule has 9 nitrogen and oxygen atoms in total. The van der Waals surface area contributed by atoms with Gasteiger partial charge in [-0.3, -0.25) is 33.6 Å². The van der Waals surface area contributed by atoms with Crippen LogP contribution in [0.3, 0.4) is 0 Å². The molecular formula is C27H22O9. The molecule has 9 heteroatoms. The average molecular weight is 490 g/mol. The second-order valence-corrected chi connectivity index (χ2v) is 8.59. The molecule has 184 valence electrons. The number of rotatable bonds is 10. The number of hydrogen-bond acceptors (Lipinski definition) is 9. The summed E-state index contributed by atoms with van der Waals surface area (Å²) in [5, 5.41) is 0. The fourth-order valence-corrected chi connectivity index (χ4v) is 4.51. The normalized spacial score (nSPS) is 18.4. The van der Waals surface area contributed by atoms with Crippen molar-refractivity contribution in [3.05, 3.63) is 69.8 Å².